The van der Waals surface area contributed by atoms with Crippen LogP contribution in [0.3, 0.4) is 0 Å². The Morgan fingerprint density at radius 1 is 1.04 bits per heavy atom. The average molecular weight is 481 g/mol. The lowest BCUT2D eigenvalue weighted by atomic mass is 9.96. The van der Waals surface area contributed by atoms with Gasteiger partial charge in [0.25, 0.3) is 0 Å². The first kappa shape index (κ1) is 21.3. The highest BCUT2D eigenvalue weighted by atomic mass is 127. The van der Waals surface area contributed by atoms with Crippen molar-refractivity contribution in [1.29, 1.82) is 0 Å². The third kappa shape index (κ3) is 6.02. The number of hydrogen-bond donors (Lipinski definition) is 2. The summed E-state index contributed by atoms with van der Waals surface area (Å²) in [6.45, 7) is 1.37. The first-order valence-corrected chi connectivity index (χ1v) is 8.93. The van der Waals surface area contributed by atoms with Crippen LogP contribution in [0.5, 0.6) is 11.5 Å². The summed E-state index contributed by atoms with van der Waals surface area (Å²) in [5.74, 6) is 1.90. The predicted molar refractivity (Wildman–Crippen MR) is 120 cm³/mol. The summed E-state index contributed by atoms with van der Waals surface area (Å²) in [4.78, 5) is 4.45. The van der Waals surface area contributed by atoms with Crippen LogP contribution in [0.25, 0.3) is 0 Å². The Labute approximate surface area is 178 Å². The number of methoxy groups -OCH3 is 2. The highest BCUT2D eigenvalue weighted by Crippen LogP contribution is 2.47. The molecule has 0 saturated heterocycles. The molecular formula is C21H28IN3O2. The lowest BCUT2D eigenvalue weighted by Crippen LogP contribution is -2.36. The molecule has 2 aromatic carbocycles. The molecule has 0 atom stereocenters. The number of nitrogens with one attached hydrogen (secondary N) is 1. The molecule has 0 radical (unpaired) electrons. The second-order valence-electron chi connectivity index (χ2n) is 6.91. The van der Waals surface area contributed by atoms with Crippen LogP contribution in [-0.2, 0) is 13.0 Å². The maximum Gasteiger partial charge on any atom is 0.188 e. The van der Waals surface area contributed by atoms with E-state index in [2.05, 4.69) is 40.6 Å². The van der Waals surface area contributed by atoms with Gasteiger partial charge in [-0.1, -0.05) is 36.4 Å². The highest BCUT2D eigenvalue weighted by Gasteiger charge is 2.42. The number of halogens is 1. The Balaban J connectivity index is 0.00000261. The van der Waals surface area contributed by atoms with Gasteiger partial charge in [0.15, 0.2) is 17.5 Å². The monoisotopic (exact) mass is 481 g/mol. The molecule has 0 heterocycles. The fourth-order valence-electron chi connectivity index (χ4n) is 3.11. The Morgan fingerprint density at radius 3 is 2.37 bits per heavy atom. The molecule has 3 N–H and O–H groups in total. The van der Waals surface area contributed by atoms with Crippen LogP contribution in [0.2, 0.25) is 0 Å². The maximum absolute atomic E-state index is 6.06. The van der Waals surface area contributed by atoms with E-state index in [4.69, 9.17) is 15.2 Å². The largest absolute Gasteiger partial charge is 0.493 e. The lowest BCUT2D eigenvalue weighted by molar-refractivity contribution is 0.354. The van der Waals surface area contributed by atoms with E-state index >= 15 is 0 Å². The molecule has 3 rings (SSSR count). The molecular weight excluding hydrogens is 453 g/mol. The minimum absolute atomic E-state index is 0. The Kier molecular flexibility index (Phi) is 7.77. The number of rotatable bonds is 8. The molecule has 0 aromatic heterocycles. The van der Waals surface area contributed by atoms with Gasteiger partial charge in [-0.25, -0.2) is 4.99 Å². The fraction of sp³-hybridized carbons (Fsp3) is 0.381. The van der Waals surface area contributed by atoms with E-state index in [1.807, 2.05) is 18.2 Å². The van der Waals surface area contributed by atoms with Gasteiger partial charge < -0.3 is 20.5 Å². The van der Waals surface area contributed by atoms with Crippen LogP contribution >= 0.6 is 24.0 Å². The Morgan fingerprint density at radius 2 is 1.74 bits per heavy atom. The summed E-state index contributed by atoms with van der Waals surface area (Å²) in [6.07, 6.45) is 3.56. The fourth-order valence-corrected chi connectivity index (χ4v) is 3.11. The third-order valence-corrected chi connectivity index (χ3v) is 4.90. The van der Waals surface area contributed by atoms with Gasteiger partial charge in [0.2, 0.25) is 0 Å². The standard InChI is InChI=1S/C21H27N3O2.HI/c1-25-18-9-8-17(12-19(18)26-2)14-23-20(22)24-15-21(10-11-21)13-16-6-4-3-5-7-16;/h3-9,12H,10-11,13-15H2,1-2H3,(H3,22,23,24);1H. The van der Waals surface area contributed by atoms with Crippen LogP contribution in [0.1, 0.15) is 24.0 Å². The van der Waals surface area contributed by atoms with Gasteiger partial charge in [-0.05, 0) is 47.9 Å². The number of nitrogens with two attached hydrogens (primary N) is 1. The summed E-state index contributed by atoms with van der Waals surface area (Å²) in [7, 11) is 3.25. The summed E-state index contributed by atoms with van der Waals surface area (Å²) >= 11 is 0. The number of ether oxygens (including phenoxy) is 2. The summed E-state index contributed by atoms with van der Waals surface area (Å²) in [6, 6.07) is 16.4. The van der Waals surface area contributed by atoms with Crippen molar-refractivity contribution < 1.29 is 9.47 Å². The molecule has 0 amide bonds. The maximum atomic E-state index is 6.06. The van der Waals surface area contributed by atoms with Crippen molar-refractivity contribution in [3.8, 4) is 11.5 Å². The van der Waals surface area contributed by atoms with Crippen LogP contribution in [0.4, 0.5) is 0 Å². The second-order valence-corrected chi connectivity index (χ2v) is 6.91. The first-order chi connectivity index (χ1) is 12.6. The summed E-state index contributed by atoms with van der Waals surface area (Å²) < 4.78 is 10.6. The molecule has 1 aliphatic carbocycles. The van der Waals surface area contributed by atoms with E-state index in [0.29, 0.717) is 29.4 Å². The minimum Gasteiger partial charge on any atom is -0.493 e. The van der Waals surface area contributed by atoms with Gasteiger partial charge >= 0.3 is 0 Å². The number of guanidine groups is 1. The lowest BCUT2D eigenvalue weighted by Gasteiger charge is -2.16. The first-order valence-electron chi connectivity index (χ1n) is 8.93. The molecule has 1 aliphatic rings. The summed E-state index contributed by atoms with van der Waals surface area (Å²) in [5.41, 5.74) is 8.79. The van der Waals surface area contributed by atoms with Crippen molar-refractivity contribution >= 4 is 29.9 Å². The van der Waals surface area contributed by atoms with Crippen molar-refractivity contribution in [2.24, 2.45) is 16.1 Å². The van der Waals surface area contributed by atoms with Crippen molar-refractivity contribution in [3.63, 3.8) is 0 Å². The van der Waals surface area contributed by atoms with Crippen molar-refractivity contribution in [2.45, 2.75) is 25.8 Å². The van der Waals surface area contributed by atoms with Gasteiger partial charge in [-0.15, -0.1) is 24.0 Å². The van der Waals surface area contributed by atoms with E-state index < -0.39 is 0 Å². The van der Waals surface area contributed by atoms with E-state index in [1.54, 1.807) is 14.2 Å². The molecule has 146 valence electrons. The minimum atomic E-state index is 0. The molecule has 1 saturated carbocycles. The van der Waals surface area contributed by atoms with E-state index in [9.17, 15) is 0 Å². The number of aliphatic imine (C=N–C) groups is 1. The van der Waals surface area contributed by atoms with E-state index in [1.165, 1.54) is 18.4 Å². The topological polar surface area (TPSA) is 68.9 Å². The molecule has 6 heteroatoms. The normalized spacial score (nSPS) is 14.8. The molecule has 27 heavy (non-hydrogen) atoms. The molecule has 0 spiro atoms. The second kappa shape index (κ2) is 9.82. The number of hydrogen-bond acceptors (Lipinski definition) is 3. The average Bonchev–Trinajstić information content (AvgIpc) is 3.45. The highest BCUT2D eigenvalue weighted by molar-refractivity contribution is 14.0. The molecule has 5 nitrogen and oxygen atoms in total. The van der Waals surface area contributed by atoms with Gasteiger partial charge in [0.05, 0.1) is 20.8 Å². The molecule has 0 unspecified atom stereocenters. The van der Waals surface area contributed by atoms with Crippen molar-refractivity contribution in [2.75, 3.05) is 20.8 Å². The SMILES string of the molecule is COc1ccc(CN=C(N)NCC2(Cc3ccccc3)CC2)cc1OC.I. The van der Waals surface area contributed by atoms with Gasteiger partial charge in [0.1, 0.15) is 0 Å². The van der Waals surface area contributed by atoms with Gasteiger partial charge in [-0.3, -0.25) is 0 Å². The predicted octanol–water partition coefficient (Wildman–Crippen LogP) is 3.75. The quantitative estimate of drug-likeness (QED) is 0.343. The third-order valence-electron chi connectivity index (χ3n) is 4.90. The number of nitrogens with zero attached hydrogens (tertiary/aromatic N) is 1. The van der Waals surface area contributed by atoms with Crippen LogP contribution < -0.4 is 20.5 Å². The van der Waals surface area contributed by atoms with Crippen LogP contribution in [-0.4, -0.2) is 26.7 Å². The van der Waals surface area contributed by atoms with E-state index in [0.717, 1.165) is 18.5 Å². The van der Waals surface area contributed by atoms with Crippen molar-refractivity contribution in [3.05, 3.63) is 59.7 Å². The summed E-state index contributed by atoms with van der Waals surface area (Å²) in [5, 5.41) is 3.30. The zero-order chi connectivity index (χ0) is 18.4. The number of benzene rings is 2. The zero-order valence-electron chi connectivity index (χ0n) is 15.9. The van der Waals surface area contributed by atoms with Crippen molar-refractivity contribution in [1.82, 2.24) is 5.32 Å². The molecule has 2 aromatic rings. The smallest absolute Gasteiger partial charge is 0.188 e. The van der Waals surface area contributed by atoms with Crippen LogP contribution in [0.15, 0.2) is 53.5 Å². The van der Waals surface area contributed by atoms with E-state index in [-0.39, 0.29) is 24.0 Å². The van der Waals surface area contributed by atoms with Gasteiger partial charge in [-0.2, -0.15) is 0 Å². The molecule has 0 bridgehead atoms. The zero-order valence-corrected chi connectivity index (χ0v) is 18.2. The molecule has 1 fully saturated rings. The Hall–Kier alpha value is -1.96. The molecule has 0 aliphatic heterocycles. The van der Waals surface area contributed by atoms with Crippen LogP contribution in [0, 0.1) is 5.41 Å². The Bertz CT molecular complexity index is 761. The van der Waals surface area contributed by atoms with Gasteiger partial charge in [0, 0.05) is 6.54 Å².